The molecule has 0 bridgehead atoms. The molecule has 2 fully saturated rings. The van der Waals surface area contributed by atoms with E-state index < -0.39 is 18.7 Å². The smallest absolute Gasteiger partial charge is 0.321 e. The Hall–Kier alpha value is -2.11. The van der Waals surface area contributed by atoms with E-state index in [1.807, 2.05) is 0 Å². The van der Waals surface area contributed by atoms with Crippen molar-refractivity contribution in [2.75, 3.05) is 25.0 Å². The van der Waals surface area contributed by atoms with Crippen LogP contribution in [-0.2, 0) is 4.79 Å². The number of aliphatic hydroxyl groups is 1. The summed E-state index contributed by atoms with van der Waals surface area (Å²) < 4.78 is 0. The number of aromatic nitrogens is 1. The molecule has 3 rings (SSSR count). The van der Waals surface area contributed by atoms with Gasteiger partial charge >= 0.3 is 6.03 Å². The summed E-state index contributed by atoms with van der Waals surface area (Å²) in [5, 5.41) is 16.8. The zero-order valence-corrected chi connectivity index (χ0v) is 16.2. The predicted molar refractivity (Wildman–Crippen MR) is 104 cm³/mol. The topological polar surface area (TPSA) is 94.6 Å². The van der Waals surface area contributed by atoms with Gasteiger partial charge in [0.2, 0.25) is 5.91 Å². The van der Waals surface area contributed by atoms with E-state index in [9.17, 15) is 14.7 Å². The van der Waals surface area contributed by atoms with Gasteiger partial charge in [0.15, 0.2) is 5.01 Å². The zero-order chi connectivity index (χ0) is 19.3. The average molecular weight is 391 g/mol. The highest BCUT2D eigenvalue weighted by molar-refractivity contribution is 7.10. The number of amides is 3. The SMILES string of the molecule is C#Cc1nc(NC(=O)N[C@@H](CO)C(=O)N2CCC3(CCCCC3)CC2)cs1. The first kappa shape index (κ1) is 19.6. The normalized spacial score (nSPS) is 19.9. The maximum Gasteiger partial charge on any atom is 0.321 e. The molecule has 1 saturated heterocycles. The van der Waals surface area contributed by atoms with E-state index in [-0.39, 0.29) is 5.91 Å². The molecule has 3 N–H and O–H groups in total. The monoisotopic (exact) mass is 390 g/mol. The van der Waals surface area contributed by atoms with E-state index in [0.717, 1.165) is 12.8 Å². The van der Waals surface area contributed by atoms with Crippen LogP contribution in [0.1, 0.15) is 50.0 Å². The summed E-state index contributed by atoms with van der Waals surface area (Å²) in [6.07, 6.45) is 13.7. The summed E-state index contributed by atoms with van der Waals surface area (Å²) in [5.41, 5.74) is 0.397. The minimum atomic E-state index is -0.962. The van der Waals surface area contributed by atoms with Crippen LogP contribution in [0, 0.1) is 17.8 Å². The first-order chi connectivity index (χ1) is 13.0. The first-order valence-corrected chi connectivity index (χ1v) is 10.3. The molecule has 8 heteroatoms. The minimum Gasteiger partial charge on any atom is -0.394 e. The summed E-state index contributed by atoms with van der Waals surface area (Å²) in [6.45, 7) is 0.938. The Kier molecular flexibility index (Phi) is 6.34. The zero-order valence-electron chi connectivity index (χ0n) is 15.4. The van der Waals surface area contributed by atoms with Gasteiger partial charge in [-0.25, -0.2) is 9.78 Å². The fraction of sp³-hybridized carbons (Fsp3) is 0.632. The molecule has 1 aliphatic heterocycles. The van der Waals surface area contributed by atoms with Gasteiger partial charge in [0.25, 0.3) is 0 Å². The number of hydrogen-bond donors (Lipinski definition) is 3. The highest BCUT2D eigenvalue weighted by Crippen LogP contribution is 2.44. The van der Waals surface area contributed by atoms with Gasteiger partial charge in [-0.2, -0.15) is 0 Å². The lowest BCUT2D eigenvalue weighted by molar-refractivity contribution is -0.136. The van der Waals surface area contributed by atoms with Crippen LogP contribution in [0.5, 0.6) is 0 Å². The Morgan fingerprint density at radius 1 is 1.30 bits per heavy atom. The van der Waals surface area contributed by atoms with E-state index in [2.05, 4.69) is 21.5 Å². The maximum atomic E-state index is 12.7. The van der Waals surface area contributed by atoms with Crippen molar-refractivity contribution >= 4 is 29.1 Å². The summed E-state index contributed by atoms with van der Waals surface area (Å²) in [5.74, 6) is 2.48. The number of rotatable bonds is 4. The van der Waals surface area contributed by atoms with Crippen LogP contribution >= 0.6 is 11.3 Å². The Bertz CT molecular complexity index is 711. The highest BCUT2D eigenvalue weighted by Gasteiger charge is 2.38. The van der Waals surface area contributed by atoms with Crippen LogP contribution in [0.4, 0.5) is 10.6 Å². The molecule has 27 heavy (non-hydrogen) atoms. The van der Waals surface area contributed by atoms with E-state index in [1.165, 1.54) is 43.4 Å². The van der Waals surface area contributed by atoms with Gasteiger partial charge in [-0.3, -0.25) is 10.1 Å². The number of likely N-dealkylation sites (tertiary alicyclic amines) is 1. The van der Waals surface area contributed by atoms with E-state index in [0.29, 0.717) is 29.3 Å². The molecular formula is C19H26N4O3S. The molecule has 1 aromatic heterocycles. The van der Waals surface area contributed by atoms with Crippen molar-refractivity contribution < 1.29 is 14.7 Å². The van der Waals surface area contributed by atoms with Crippen LogP contribution in [-0.4, -0.2) is 52.7 Å². The molecule has 1 spiro atoms. The summed E-state index contributed by atoms with van der Waals surface area (Å²) in [7, 11) is 0. The maximum absolute atomic E-state index is 12.7. The lowest BCUT2D eigenvalue weighted by Crippen LogP contribution is -2.54. The number of piperidine rings is 1. The van der Waals surface area contributed by atoms with Crippen molar-refractivity contribution in [3.8, 4) is 12.3 Å². The molecule has 7 nitrogen and oxygen atoms in total. The van der Waals surface area contributed by atoms with Crippen molar-refractivity contribution in [2.45, 2.75) is 51.0 Å². The van der Waals surface area contributed by atoms with Gasteiger partial charge in [-0.05, 0) is 37.0 Å². The second-order valence-corrected chi connectivity index (χ2v) is 8.26. The van der Waals surface area contributed by atoms with Gasteiger partial charge < -0.3 is 15.3 Å². The molecule has 146 valence electrons. The molecule has 0 radical (unpaired) electrons. The predicted octanol–water partition coefficient (Wildman–Crippen LogP) is 2.18. The largest absolute Gasteiger partial charge is 0.394 e. The standard InChI is InChI=1S/C19H26N4O3S/c1-2-16-21-15(13-27-16)22-18(26)20-14(12-24)17(25)23-10-8-19(9-11-23)6-4-3-5-7-19/h1,13-14,24H,3-12H2,(H2,20,22,26)/t14-/m0/s1. The summed E-state index contributed by atoms with van der Waals surface area (Å²) in [6, 6.07) is -1.55. The fourth-order valence-corrected chi connectivity index (χ4v) is 4.67. The van der Waals surface area contributed by atoms with Crippen LogP contribution in [0.2, 0.25) is 0 Å². The lowest BCUT2D eigenvalue weighted by atomic mass is 9.68. The Labute approximate surface area is 163 Å². The van der Waals surface area contributed by atoms with E-state index in [1.54, 1.807) is 10.3 Å². The fourth-order valence-electron chi connectivity index (χ4n) is 4.12. The number of carbonyl (C=O) groups is 2. The average Bonchev–Trinajstić information content (AvgIpc) is 3.14. The number of anilines is 1. The lowest BCUT2D eigenvalue weighted by Gasteiger charge is -2.44. The Morgan fingerprint density at radius 2 is 2.00 bits per heavy atom. The number of terminal acetylenes is 1. The molecule has 3 amide bonds. The Balaban J connectivity index is 1.51. The van der Waals surface area contributed by atoms with Crippen LogP contribution in [0.3, 0.4) is 0 Å². The molecule has 2 aliphatic rings. The molecule has 1 saturated carbocycles. The number of hydrogen-bond acceptors (Lipinski definition) is 5. The van der Waals surface area contributed by atoms with E-state index in [4.69, 9.17) is 6.42 Å². The number of thiazole rings is 1. The molecule has 2 heterocycles. The highest BCUT2D eigenvalue weighted by atomic mass is 32.1. The minimum absolute atomic E-state index is 0.235. The van der Waals surface area contributed by atoms with Gasteiger partial charge in [0.1, 0.15) is 11.9 Å². The molecule has 1 atom stereocenters. The van der Waals surface area contributed by atoms with Crippen molar-refractivity contribution in [2.24, 2.45) is 5.41 Å². The van der Waals surface area contributed by atoms with Gasteiger partial charge in [-0.15, -0.1) is 17.8 Å². The van der Waals surface area contributed by atoms with Crippen molar-refractivity contribution in [3.05, 3.63) is 10.4 Å². The van der Waals surface area contributed by atoms with Crippen molar-refractivity contribution in [3.63, 3.8) is 0 Å². The van der Waals surface area contributed by atoms with Crippen molar-refractivity contribution in [1.82, 2.24) is 15.2 Å². The number of aliphatic hydroxyl groups excluding tert-OH is 1. The van der Waals surface area contributed by atoms with Crippen LogP contribution in [0.15, 0.2) is 5.38 Å². The summed E-state index contributed by atoms with van der Waals surface area (Å²) in [4.78, 5) is 30.6. The molecule has 0 aromatic carbocycles. The van der Waals surface area contributed by atoms with Gasteiger partial charge in [0.05, 0.1) is 6.61 Å². The van der Waals surface area contributed by atoms with Gasteiger partial charge in [-0.1, -0.05) is 19.3 Å². The molecule has 1 aromatic rings. The number of nitrogens with one attached hydrogen (secondary N) is 2. The van der Waals surface area contributed by atoms with E-state index >= 15 is 0 Å². The third-order valence-corrected chi connectivity index (χ3v) is 6.48. The second-order valence-electron chi connectivity index (χ2n) is 7.40. The third kappa shape index (κ3) is 4.79. The van der Waals surface area contributed by atoms with Gasteiger partial charge in [0, 0.05) is 18.5 Å². The quantitative estimate of drug-likeness (QED) is 0.687. The van der Waals surface area contributed by atoms with Crippen LogP contribution < -0.4 is 10.6 Å². The first-order valence-electron chi connectivity index (χ1n) is 9.44. The molecule has 1 aliphatic carbocycles. The molecular weight excluding hydrogens is 364 g/mol. The molecule has 0 unspecified atom stereocenters. The van der Waals surface area contributed by atoms with Crippen molar-refractivity contribution in [1.29, 1.82) is 0 Å². The Morgan fingerprint density at radius 3 is 2.59 bits per heavy atom. The number of urea groups is 1. The second kappa shape index (κ2) is 8.72. The van der Waals surface area contributed by atoms with Crippen LogP contribution in [0.25, 0.3) is 0 Å². The number of nitrogens with zero attached hydrogens (tertiary/aromatic N) is 2. The third-order valence-electron chi connectivity index (χ3n) is 5.71. The number of carbonyl (C=O) groups excluding carboxylic acids is 2. The summed E-state index contributed by atoms with van der Waals surface area (Å²) >= 11 is 1.24.